The number of nitrogens with two attached hydrogens (primary N) is 1. The van der Waals surface area contributed by atoms with Crippen molar-refractivity contribution in [2.24, 2.45) is 0 Å². The van der Waals surface area contributed by atoms with Crippen molar-refractivity contribution < 1.29 is 4.79 Å². The number of benzene rings is 1. The minimum absolute atomic E-state index is 0.0322. The van der Waals surface area contributed by atoms with Crippen LogP contribution in [0.1, 0.15) is 26.2 Å². The molecule has 0 saturated carbocycles. The number of hydrogen-bond donors (Lipinski definition) is 2. The molecule has 1 aromatic rings. The summed E-state index contributed by atoms with van der Waals surface area (Å²) in [6, 6.07) is 7.28. The smallest absolute Gasteiger partial charge is 0.224 e. The van der Waals surface area contributed by atoms with Crippen LogP contribution in [0.4, 0.5) is 11.4 Å². The fourth-order valence-corrected chi connectivity index (χ4v) is 1.16. The normalized spacial score (nSPS) is 9.79. The number of rotatable bonds is 4. The summed E-state index contributed by atoms with van der Waals surface area (Å²) in [7, 11) is 0. The van der Waals surface area contributed by atoms with E-state index in [9.17, 15) is 4.79 Å². The Hall–Kier alpha value is -1.51. The van der Waals surface area contributed by atoms with Gasteiger partial charge in [0.25, 0.3) is 0 Å². The number of nitrogens with one attached hydrogen (secondary N) is 1. The van der Waals surface area contributed by atoms with E-state index in [2.05, 4.69) is 12.2 Å². The van der Waals surface area contributed by atoms with Crippen molar-refractivity contribution >= 4 is 17.3 Å². The first-order chi connectivity index (χ1) is 6.74. The Morgan fingerprint density at radius 2 is 2.14 bits per heavy atom. The van der Waals surface area contributed by atoms with Crippen LogP contribution in [0.25, 0.3) is 0 Å². The SMILES string of the molecule is CCCCC(=O)Nc1ccccc1N. The first kappa shape index (κ1) is 10.6. The van der Waals surface area contributed by atoms with Gasteiger partial charge in [0.2, 0.25) is 5.91 Å². The summed E-state index contributed by atoms with van der Waals surface area (Å²) in [5.74, 6) is 0.0322. The van der Waals surface area contributed by atoms with Gasteiger partial charge in [0.1, 0.15) is 0 Å². The van der Waals surface area contributed by atoms with Crippen LogP contribution < -0.4 is 11.1 Å². The topological polar surface area (TPSA) is 55.1 Å². The number of amides is 1. The summed E-state index contributed by atoms with van der Waals surface area (Å²) < 4.78 is 0. The van der Waals surface area contributed by atoms with E-state index in [1.165, 1.54) is 0 Å². The van der Waals surface area contributed by atoms with Crippen LogP contribution >= 0.6 is 0 Å². The molecule has 3 heteroatoms. The van der Waals surface area contributed by atoms with Crippen LogP contribution in [0.15, 0.2) is 24.3 Å². The zero-order valence-corrected chi connectivity index (χ0v) is 8.42. The Balaban J connectivity index is 2.52. The molecule has 0 atom stereocenters. The van der Waals surface area contributed by atoms with Gasteiger partial charge in [-0.05, 0) is 18.6 Å². The van der Waals surface area contributed by atoms with Gasteiger partial charge in [0.15, 0.2) is 0 Å². The number of carbonyl (C=O) groups is 1. The summed E-state index contributed by atoms with van der Waals surface area (Å²) in [6.07, 6.45) is 2.50. The van der Waals surface area contributed by atoms with Crippen molar-refractivity contribution in [3.05, 3.63) is 24.3 Å². The van der Waals surface area contributed by atoms with E-state index in [0.717, 1.165) is 12.8 Å². The zero-order valence-electron chi connectivity index (χ0n) is 8.42. The van der Waals surface area contributed by atoms with E-state index in [-0.39, 0.29) is 5.91 Å². The highest BCUT2D eigenvalue weighted by Crippen LogP contribution is 2.16. The summed E-state index contributed by atoms with van der Waals surface area (Å²) >= 11 is 0. The Morgan fingerprint density at radius 3 is 2.79 bits per heavy atom. The molecule has 3 N–H and O–H groups in total. The van der Waals surface area contributed by atoms with Crippen LogP contribution in [-0.2, 0) is 4.79 Å². The molecule has 3 nitrogen and oxygen atoms in total. The molecule has 1 amide bonds. The van der Waals surface area contributed by atoms with E-state index in [0.29, 0.717) is 17.8 Å². The van der Waals surface area contributed by atoms with E-state index in [1.807, 2.05) is 12.1 Å². The zero-order chi connectivity index (χ0) is 10.4. The van der Waals surface area contributed by atoms with E-state index in [1.54, 1.807) is 12.1 Å². The van der Waals surface area contributed by atoms with Crippen LogP contribution in [0.3, 0.4) is 0 Å². The molecule has 0 radical (unpaired) electrons. The molecule has 0 bridgehead atoms. The van der Waals surface area contributed by atoms with Gasteiger partial charge in [-0.2, -0.15) is 0 Å². The fourth-order valence-electron chi connectivity index (χ4n) is 1.16. The number of anilines is 2. The van der Waals surface area contributed by atoms with Crippen LogP contribution in [0, 0.1) is 0 Å². The quantitative estimate of drug-likeness (QED) is 0.720. The number of unbranched alkanes of at least 4 members (excludes halogenated alkanes) is 1. The van der Waals surface area contributed by atoms with Crippen molar-refractivity contribution in [3.63, 3.8) is 0 Å². The van der Waals surface area contributed by atoms with Crippen molar-refractivity contribution in [3.8, 4) is 0 Å². The molecular formula is C11H16N2O. The minimum Gasteiger partial charge on any atom is -0.397 e. The molecule has 1 rings (SSSR count). The molecule has 0 aliphatic carbocycles. The second kappa shape index (κ2) is 5.27. The maximum atomic E-state index is 11.4. The molecule has 1 aromatic carbocycles. The molecule has 0 fully saturated rings. The van der Waals surface area contributed by atoms with Gasteiger partial charge in [-0.25, -0.2) is 0 Å². The van der Waals surface area contributed by atoms with E-state index in [4.69, 9.17) is 5.73 Å². The lowest BCUT2D eigenvalue weighted by atomic mass is 10.2. The lowest BCUT2D eigenvalue weighted by Crippen LogP contribution is -2.12. The first-order valence-electron chi connectivity index (χ1n) is 4.88. The molecule has 0 aliphatic rings. The first-order valence-corrected chi connectivity index (χ1v) is 4.88. The molecular weight excluding hydrogens is 176 g/mol. The molecule has 0 aromatic heterocycles. The summed E-state index contributed by atoms with van der Waals surface area (Å²) in [5.41, 5.74) is 6.99. The van der Waals surface area contributed by atoms with Gasteiger partial charge in [0, 0.05) is 6.42 Å². The van der Waals surface area contributed by atoms with Gasteiger partial charge in [-0.3, -0.25) is 4.79 Å². The molecule has 76 valence electrons. The highest BCUT2D eigenvalue weighted by molar-refractivity contribution is 5.93. The highest BCUT2D eigenvalue weighted by atomic mass is 16.1. The summed E-state index contributed by atoms with van der Waals surface area (Å²) in [5, 5.41) is 2.78. The molecule has 0 spiro atoms. The summed E-state index contributed by atoms with van der Waals surface area (Å²) in [6.45, 7) is 2.06. The lowest BCUT2D eigenvalue weighted by molar-refractivity contribution is -0.116. The van der Waals surface area contributed by atoms with Gasteiger partial charge in [0.05, 0.1) is 11.4 Å². The molecule has 0 unspecified atom stereocenters. The monoisotopic (exact) mass is 192 g/mol. The van der Waals surface area contributed by atoms with Crippen molar-refractivity contribution in [1.29, 1.82) is 0 Å². The molecule has 0 saturated heterocycles. The van der Waals surface area contributed by atoms with Crippen LogP contribution in [0.5, 0.6) is 0 Å². The number of nitrogen functional groups attached to an aromatic ring is 1. The van der Waals surface area contributed by atoms with Gasteiger partial charge in [-0.15, -0.1) is 0 Å². The average Bonchev–Trinajstić information content (AvgIpc) is 2.18. The third-order valence-corrected chi connectivity index (χ3v) is 1.99. The predicted molar refractivity (Wildman–Crippen MR) is 59.0 cm³/mol. The molecule has 14 heavy (non-hydrogen) atoms. The van der Waals surface area contributed by atoms with Gasteiger partial charge >= 0.3 is 0 Å². The largest absolute Gasteiger partial charge is 0.397 e. The fraction of sp³-hybridized carbons (Fsp3) is 0.364. The highest BCUT2D eigenvalue weighted by Gasteiger charge is 2.02. The Labute approximate surface area is 84.3 Å². The predicted octanol–water partition coefficient (Wildman–Crippen LogP) is 2.40. The Kier molecular flexibility index (Phi) is 3.98. The molecule has 0 aliphatic heterocycles. The van der Waals surface area contributed by atoms with Gasteiger partial charge in [-0.1, -0.05) is 25.5 Å². The number of para-hydroxylation sites is 2. The summed E-state index contributed by atoms with van der Waals surface area (Å²) in [4.78, 5) is 11.4. The van der Waals surface area contributed by atoms with E-state index < -0.39 is 0 Å². The van der Waals surface area contributed by atoms with Gasteiger partial charge < -0.3 is 11.1 Å². The second-order valence-electron chi connectivity index (χ2n) is 3.24. The third-order valence-electron chi connectivity index (χ3n) is 1.99. The number of hydrogen-bond acceptors (Lipinski definition) is 2. The second-order valence-corrected chi connectivity index (χ2v) is 3.24. The standard InChI is InChI=1S/C11H16N2O/c1-2-3-8-11(14)13-10-7-5-4-6-9(10)12/h4-7H,2-3,8,12H2,1H3,(H,13,14). The lowest BCUT2D eigenvalue weighted by Gasteiger charge is -2.06. The Bertz CT molecular complexity index is 310. The maximum absolute atomic E-state index is 11.4. The molecule has 0 heterocycles. The van der Waals surface area contributed by atoms with Crippen molar-refractivity contribution in [1.82, 2.24) is 0 Å². The number of carbonyl (C=O) groups excluding carboxylic acids is 1. The van der Waals surface area contributed by atoms with E-state index >= 15 is 0 Å². The minimum atomic E-state index is 0.0322. The third kappa shape index (κ3) is 3.09. The average molecular weight is 192 g/mol. The van der Waals surface area contributed by atoms with Crippen molar-refractivity contribution in [2.75, 3.05) is 11.1 Å². The Morgan fingerprint density at radius 1 is 1.43 bits per heavy atom. The van der Waals surface area contributed by atoms with Crippen LogP contribution in [-0.4, -0.2) is 5.91 Å². The van der Waals surface area contributed by atoms with Crippen molar-refractivity contribution in [2.45, 2.75) is 26.2 Å². The maximum Gasteiger partial charge on any atom is 0.224 e. The van der Waals surface area contributed by atoms with Crippen LogP contribution in [0.2, 0.25) is 0 Å².